The molecule has 0 spiro atoms. The van der Waals surface area contributed by atoms with Crippen LogP contribution in [-0.4, -0.2) is 41.4 Å². The second kappa shape index (κ2) is 7.30. The third-order valence-electron chi connectivity index (χ3n) is 1.80. The molecule has 0 amide bonds. The van der Waals surface area contributed by atoms with Crippen molar-refractivity contribution in [3.05, 3.63) is 11.6 Å². The quantitative estimate of drug-likeness (QED) is 0.316. The number of hydrogen-bond acceptors (Lipinski definition) is 6. The molecule has 0 saturated heterocycles. The van der Waals surface area contributed by atoms with E-state index in [-0.39, 0.29) is 0 Å². The van der Waals surface area contributed by atoms with Crippen LogP contribution >= 0.6 is 0 Å². The van der Waals surface area contributed by atoms with E-state index >= 15 is 0 Å². The minimum atomic E-state index is 0.620. The molecule has 1 aromatic rings. The van der Waals surface area contributed by atoms with Gasteiger partial charge in [-0.15, -0.1) is 0 Å². The second-order valence-electron chi connectivity index (χ2n) is 3.13. The van der Waals surface area contributed by atoms with Crippen LogP contribution in [0.5, 0.6) is 0 Å². The Labute approximate surface area is 89.0 Å². The molecule has 86 valence electrons. The molecule has 7 N–H and O–H groups in total. The summed E-state index contributed by atoms with van der Waals surface area (Å²) in [5, 5.41) is 13.2. The van der Waals surface area contributed by atoms with Gasteiger partial charge >= 0.3 is 0 Å². The van der Waals surface area contributed by atoms with Crippen LogP contribution in [0.4, 0.5) is 0 Å². The second-order valence-corrected chi connectivity index (χ2v) is 3.13. The molecule has 0 bridgehead atoms. The van der Waals surface area contributed by atoms with E-state index in [1.54, 1.807) is 0 Å². The summed E-state index contributed by atoms with van der Waals surface area (Å²) in [4.78, 5) is 4.28. The van der Waals surface area contributed by atoms with Crippen LogP contribution in [0.25, 0.3) is 0 Å². The Morgan fingerprint density at radius 1 is 1.07 bits per heavy atom. The predicted molar refractivity (Wildman–Crippen MR) is 57.9 cm³/mol. The van der Waals surface area contributed by atoms with Gasteiger partial charge in [0.05, 0.1) is 13.1 Å². The number of rotatable bonds is 8. The van der Waals surface area contributed by atoms with Gasteiger partial charge in [0.15, 0.2) is 5.82 Å². The fourth-order valence-corrected chi connectivity index (χ4v) is 1.10. The normalized spacial score (nSPS) is 10.8. The standard InChI is InChI=1S/C8H19N7/c9-1-3-11-5-7-13-8(15-14-7)6-12-4-2-10/h11-12H,1-6,9-10H2,(H,13,14,15). The number of aromatic amines is 1. The number of H-pyrrole nitrogens is 1. The minimum absolute atomic E-state index is 0.620. The predicted octanol–water partition coefficient (Wildman–Crippen LogP) is -2.10. The summed E-state index contributed by atoms with van der Waals surface area (Å²) in [6, 6.07) is 0. The van der Waals surface area contributed by atoms with Crippen LogP contribution in [0.15, 0.2) is 0 Å². The molecule has 0 saturated carbocycles. The Morgan fingerprint density at radius 2 is 1.73 bits per heavy atom. The van der Waals surface area contributed by atoms with E-state index in [1.165, 1.54) is 0 Å². The Kier molecular flexibility index (Phi) is 5.86. The summed E-state index contributed by atoms with van der Waals surface area (Å²) in [6.45, 7) is 4.11. The van der Waals surface area contributed by atoms with Crippen molar-refractivity contribution in [2.45, 2.75) is 13.1 Å². The summed E-state index contributed by atoms with van der Waals surface area (Å²) in [6.07, 6.45) is 0. The highest BCUT2D eigenvalue weighted by molar-refractivity contribution is 4.89. The zero-order valence-corrected chi connectivity index (χ0v) is 8.79. The maximum atomic E-state index is 5.35. The van der Waals surface area contributed by atoms with Crippen molar-refractivity contribution in [3.8, 4) is 0 Å². The lowest BCUT2D eigenvalue weighted by molar-refractivity contribution is 0.660. The summed E-state index contributed by atoms with van der Waals surface area (Å²) < 4.78 is 0. The van der Waals surface area contributed by atoms with Crippen molar-refractivity contribution in [1.29, 1.82) is 0 Å². The van der Waals surface area contributed by atoms with Crippen LogP contribution in [0.2, 0.25) is 0 Å². The van der Waals surface area contributed by atoms with E-state index in [0.717, 1.165) is 24.7 Å². The van der Waals surface area contributed by atoms with Gasteiger partial charge in [-0.1, -0.05) is 0 Å². The lowest BCUT2D eigenvalue weighted by Crippen LogP contribution is -2.23. The van der Waals surface area contributed by atoms with Crippen LogP contribution in [0.1, 0.15) is 11.6 Å². The van der Waals surface area contributed by atoms with Crippen molar-refractivity contribution in [2.24, 2.45) is 11.5 Å². The number of hydrogen-bond donors (Lipinski definition) is 5. The van der Waals surface area contributed by atoms with E-state index in [4.69, 9.17) is 11.5 Å². The Hall–Kier alpha value is -1.02. The molecular formula is C8H19N7. The van der Waals surface area contributed by atoms with Crippen molar-refractivity contribution in [2.75, 3.05) is 26.2 Å². The highest BCUT2D eigenvalue weighted by atomic mass is 15.2. The first-order chi connectivity index (χ1) is 7.36. The Bertz CT molecular complexity index is 235. The molecule has 0 unspecified atom stereocenters. The average molecular weight is 213 g/mol. The zero-order valence-electron chi connectivity index (χ0n) is 8.79. The van der Waals surface area contributed by atoms with Gasteiger partial charge in [-0.3, -0.25) is 5.10 Å². The summed E-state index contributed by atoms with van der Waals surface area (Å²) in [5.41, 5.74) is 10.7. The number of nitrogens with zero attached hydrogens (tertiary/aromatic N) is 2. The molecule has 7 nitrogen and oxygen atoms in total. The molecule has 0 fully saturated rings. The molecule has 0 aliphatic heterocycles. The third-order valence-corrected chi connectivity index (χ3v) is 1.80. The maximum absolute atomic E-state index is 5.35. The summed E-state index contributed by atoms with van der Waals surface area (Å²) >= 11 is 0. The molecule has 0 atom stereocenters. The number of nitrogens with one attached hydrogen (secondary N) is 3. The topological polar surface area (TPSA) is 118 Å². The van der Waals surface area contributed by atoms with E-state index < -0.39 is 0 Å². The van der Waals surface area contributed by atoms with Gasteiger partial charge in [0.1, 0.15) is 5.82 Å². The van der Waals surface area contributed by atoms with Gasteiger partial charge in [-0.05, 0) is 0 Å². The van der Waals surface area contributed by atoms with Gasteiger partial charge < -0.3 is 22.1 Å². The minimum Gasteiger partial charge on any atom is -0.329 e. The van der Waals surface area contributed by atoms with Gasteiger partial charge in [0, 0.05) is 26.2 Å². The first-order valence-electron chi connectivity index (χ1n) is 5.08. The Morgan fingerprint density at radius 3 is 2.40 bits per heavy atom. The monoisotopic (exact) mass is 213 g/mol. The van der Waals surface area contributed by atoms with Crippen LogP contribution < -0.4 is 22.1 Å². The van der Waals surface area contributed by atoms with Crippen LogP contribution in [0, 0.1) is 0 Å². The first kappa shape index (κ1) is 12.1. The maximum Gasteiger partial charge on any atom is 0.164 e. The SMILES string of the molecule is NCCNCc1n[nH]c(CNCCN)n1. The van der Waals surface area contributed by atoms with Gasteiger partial charge in [-0.2, -0.15) is 5.10 Å². The largest absolute Gasteiger partial charge is 0.329 e. The first-order valence-corrected chi connectivity index (χ1v) is 5.08. The summed E-state index contributed by atoms with van der Waals surface area (Å²) in [5.74, 6) is 1.58. The average Bonchev–Trinajstić information content (AvgIpc) is 2.67. The van der Waals surface area contributed by atoms with E-state index in [1.807, 2.05) is 0 Å². The molecule has 1 rings (SSSR count). The molecule has 1 heterocycles. The highest BCUT2D eigenvalue weighted by Gasteiger charge is 2.01. The number of nitrogens with two attached hydrogens (primary N) is 2. The Balaban J connectivity index is 2.23. The van der Waals surface area contributed by atoms with Crippen molar-refractivity contribution < 1.29 is 0 Å². The van der Waals surface area contributed by atoms with Crippen LogP contribution in [0.3, 0.4) is 0 Å². The molecule has 0 radical (unpaired) electrons. The summed E-state index contributed by atoms with van der Waals surface area (Å²) in [7, 11) is 0. The highest BCUT2D eigenvalue weighted by Crippen LogP contribution is 1.91. The van der Waals surface area contributed by atoms with Crippen molar-refractivity contribution >= 4 is 0 Å². The molecule has 7 heteroatoms. The lowest BCUT2D eigenvalue weighted by atomic mass is 10.5. The molecule has 0 aliphatic rings. The van der Waals surface area contributed by atoms with Gasteiger partial charge in [-0.25, -0.2) is 4.98 Å². The van der Waals surface area contributed by atoms with E-state index in [2.05, 4.69) is 25.8 Å². The van der Waals surface area contributed by atoms with E-state index in [9.17, 15) is 0 Å². The fourth-order valence-electron chi connectivity index (χ4n) is 1.10. The molecule has 0 aromatic carbocycles. The molecular weight excluding hydrogens is 194 g/mol. The zero-order chi connectivity index (χ0) is 10.9. The number of aromatic nitrogens is 3. The van der Waals surface area contributed by atoms with Crippen molar-refractivity contribution in [3.63, 3.8) is 0 Å². The molecule has 1 aromatic heterocycles. The molecule has 0 aliphatic carbocycles. The molecule has 15 heavy (non-hydrogen) atoms. The third kappa shape index (κ3) is 4.84. The van der Waals surface area contributed by atoms with Gasteiger partial charge in [0.2, 0.25) is 0 Å². The smallest absolute Gasteiger partial charge is 0.164 e. The van der Waals surface area contributed by atoms with E-state index in [0.29, 0.717) is 26.2 Å². The fraction of sp³-hybridized carbons (Fsp3) is 0.750. The van der Waals surface area contributed by atoms with Crippen molar-refractivity contribution in [1.82, 2.24) is 25.8 Å². The van der Waals surface area contributed by atoms with Gasteiger partial charge in [0.25, 0.3) is 0 Å². The van der Waals surface area contributed by atoms with Crippen LogP contribution in [-0.2, 0) is 13.1 Å². The lowest BCUT2D eigenvalue weighted by Gasteiger charge is -1.98.